The molecule has 88 valence electrons. The van der Waals surface area contributed by atoms with Gasteiger partial charge in [0.2, 0.25) is 0 Å². The molecule has 0 bridgehead atoms. The minimum atomic E-state index is -0.506. The van der Waals surface area contributed by atoms with E-state index in [0.29, 0.717) is 5.69 Å². The Hall–Kier alpha value is -0.930. The van der Waals surface area contributed by atoms with E-state index in [2.05, 4.69) is 0 Å². The van der Waals surface area contributed by atoms with E-state index in [0.717, 1.165) is 6.42 Å². The van der Waals surface area contributed by atoms with Crippen molar-refractivity contribution in [1.82, 2.24) is 0 Å². The summed E-state index contributed by atoms with van der Waals surface area (Å²) in [4.78, 5) is 11.7. The van der Waals surface area contributed by atoms with Crippen molar-refractivity contribution in [2.75, 3.05) is 5.73 Å². The van der Waals surface area contributed by atoms with E-state index in [9.17, 15) is 4.79 Å². The fourth-order valence-corrected chi connectivity index (χ4v) is 1.50. The topological polar surface area (TPSA) is 52.3 Å². The van der Waals surface area contributed by atoms with Crippen molar-refractivity contribution in [3.63, 3.8) is 0 Å². The number of hydrogen-bond acceptors (Lipinski definition) is 3. The number of carbonyl (C=O) groups is 1. The molecule has 0 aliphatic heterocycles. The number of esters is 1. The van der Waals surface area contributed by atoms with Crippen LogP contribution >= 0.6 is 23.2 Å². The Balaban J connectivity index is 2.99. The molecule has 1 unspecified atom stereocenters. The molecule has 0 saturated carbocycles. The molecule has 0 aliphatic carbocycles. The molecule has 2 N–H and O–H groups in total. The van der Waals surface area contributed by atoms with Gasteiger partial charge in [-0.2, -0.15) is 0 Å². The molecule has 1 aromatic carbocycles. The molecule has 0 aliphatic rings. The zero-order valence-electron chi connectivity index (χ0n) is 9.09. The third-order valence-electron chi connectivity index (χ3n) is 2.15. The van der Waals surface area contributed by atoms with Gasteiger partial charge in [0.25, 0.3) is 0 Å². The largest absolute Gasteiger partial charge is 0.459 e. The normalized spacial score (nSPS) is 12.2. The van der Waals surface area contributed by atoms with E-state index in [4.69, 9.17) is 33.7 Å². The highest BCUT2D eigenvalue weighted by Gasteiger charge is 2.17. The second kappa shape index (κ2) is 5.41. The number of rotatable bonds is 3. The lowest BCUT2D eigenvalue weighted by Crippen LogP contribution is -2.14. The van der Waals surface area contributed by atoms with Gasteiger partial charge in [-0.1, -0.05) is 30.1 Å². The second-order valence-electron chi connectivity index (χ2n) is 3.49. The lowest BCUT2D eigenvalue weighted by atomic mass is 10.2. The van der Waals surface area contributed by atoms with E-state index in [1.165, 1.54) is 12.1 Å². The number of benzene rings is 1. The lowest BCUT2D eigenvalue weighted by molar-refractivity contribution is 0.0335. The van der Waals surface area contributed by atoms with E-state index < -0.39 is 5.97 Å². The van der Waals surface area contributed by atoms with Crippen LogP contribution in [0.3, 0.4) is 0 Å². The summed E-state index contributed by atoms with van der Waals surface area (Å²) in [5.41, 5.74) is 6.16. The fraction of sp³-hybridized carbons (Fsp3) is 0.364. The van der Waals surface area contributed by atoms with Crippen molar-refractivity contribution >= 4 is 34.9 Å². The van der Waals surface area contributed by atoms with Crippen molar-refractivity contribution in [2.45, 2.75) is 26.4 Å². The molecule has 0 heterocycles. The number of nitrogen functional groups attached to an aromatic ring is 1. The Morgan fingerprint density at radius 1 is 1.50 bits per heavy atom. The summed E-state index contributed by atoms with van der Waals surface area (Å²) in [7, 11) is 0. The smallest absolute Gasteiger partial charge is 0.340 e. The molecule has 0 amide bonds. The third kappa shape index (κ3) is 3.03. The van der Waals surface area contributed by atoms with Crippen molar-refractivity contribution in [3.05, 3.63) is 27.7 Å². The zero-order chi connectivity index (χ0) is 12.3. The molecule has 1 atom stereocenters. The zero-order valence-corrected chi connectivity index (χ0v) is 10.6. The Bertz CT molecular complexity index is 407. The number of nitrogens with two attached hydrogens (primary N) is 1. The molecule has 1 rings (SSSR count). The van der Waals surface area contributed by atoms with Crippen LogP contribution in [0, 0.1) is 0 Å². The first-order valence-corrected chi connectivity index (χ1v) is 5.66. The van der Waals surface area contributed by atoms with Crippen LogP contribution in [0.25, 0.3) is 0 Å². The number of hydrogen-bond donors (Lipinski definition) is 1. The van der Waals surface area contributed by atoms with Gasteiger partial charge in [-0.05, 0) is 25.5 Å². The summed E-state index contributed by atoms with van der Waals surface area (Å²) in [5.74, 6) is -0.506. The molecule has 0 spiro atoms. The third-order valence-corrected chi connectivity index (χ3v) is 2.96. The highest BCUT2D eigenvalue weighted by molar-refractivity contribution is 6.44. The molecule has 0 radical (unpaired) electrons. The maximum Gasteiger partial charge on any atom is 0.340 e. The monoisotopic (exact) mass is 261 g/mol. The first-order valence-electron chi connectivity index (χ1n) is 4.91. The summed E-state index contributed by atoms with van der Waals surface area (Å²) in [6.07, 6.45) is 0.572. The standard InChI is InChI=1S/C11H13Cl2NO2/c1-3-6(2)16-11(15)8-4-7(14)5-9(12)10(8)13/h4-6H,3,14H2,1-2H3. The highest BCUT2D eigenvalue weighted by Crippen LogP contribution is 2.29. The molecule has 1 aromatic rings. The first-order chi connectivity index (χ1) is 7.45. The average molecular weight is 262 g/mol. The number of ether oxygens (including phenoxy) is 1. The van der Waals surface area contributed by atoms with Gasteiger partial charge in [-0.25, -0.2) is 4.79 Å². The van der Waals surface area contributed by atoms with Gasteiger partial charge >= 0.3 is 5.97 Å². The van der Waals surface area contributed by atoms with Gasteiger partial charge in [0.05, 0.1) is 21.7 Å². The maximum absolute atomic E-state index is 11.7. The minimum Gasteiger partial charge on any atom is -0.459 e. The van der Waals surface area contributed by atoms with Gasteiger partial charge in [0.1, 0.15) is 0 Å². The van der Waals surface area contributed by atoms with E-state index in [-0.39, 0.29) is 21.7 Å². The van der Waals surface area contributed by atoms with E-state index in [1.807, 2.05) is 6.92 Å². The summed E-state index contributed by atoms with van der Waals surface area (Å²) < 4.78 is 5.14. The van der Waals surface area contributed by atoms with Gasteiger partial charge < -0.3 is 10.5 Å². The highest BCUT2D eigenvalue weighted by atomic mass is 35.5. The molecular formula is C11H13Cl2NO2. The predicted molar refractivity (Wildman–Crippen MR) is 66.0 cm³/mol. The van der Waals surface area contributed by atoms with Gasteiger partial charge in [-0.15, -0.1) is 0 Å². The first kappa shape index (κ1) is 13.1. The van der Waals surface area contributed by atoms with Crippen LogP contribution in [0.15, 0.2) is 12.1 Å². The van der Waals surface area contributed by atoms with Crippen molar-refractivity contribution in [3.8, 4) is 0 Å². The van der Waals surface area contributed by atoms with Gasteiger partial charge in [0.15, 0.2) is 0 Å². The molecule has 0 aromatic heterocycles. The molecule has 16 heavy (non-hydrogen) atoms. The fourth-order valence-electron chi connectivity index (χ4n) is 1.09. The molecular weight excluding hydrogens is 249 g/mol. The minimum absolute atomic E-state index is 0.163. The molecule has 0 fully saturated rings. The molecule has 3 nitrogen and oxygen atoms in total. The number of carbonyl (C=O) groups excluding carboxylic acids is 1. The van der Waals surface area contributed by atoms with Crippen LogP contribution in [-0.2, 0) is 4.74 Å². The Kier molecular flexibility index (Phi) is 4.44. The summed E-state index contributed by atoms with van der Waals surface area (Å²) in [6.45, 7) is 3.73. The second-order valence-corrected chi connectivity index (χ2v) is 4.27. The van der Waals surface area contributed by atoms with Crippen LogP contribution < -0.4 is 5.73 Å². The Morgan fingerprint density at radius 3 is 2.69 bits per heavy atom. The van der Waals surface area contributed by atoms with Gasteiger partial charge in [0, 0.05) is 5.69 Å². The van der Waals surface area contributed by atoms with Crippen LogP contribution in [0.2, 0.25) is 10.0 Å². The van der Waals surface area contributed by atoms with Gasteiger partial charge in [-0.3, -0.25) is 0 Å². The Labute approximate surface area is 104 Å². The molecule has 0 saturated heterocycles. The van der Waals surface area contributed by atoms with E-state index >= 15 is 0 Å². The van der Waals surface area contributed by atoms with Crippen LogP contribution in [0.4, 0.5) is 5.69 Å². The molecule has 5 heteroatoms. The average Bonchev–Trinajstić information content (AvgIpc) is 2.22. The predicted octanol–water partition coefficient (Wildman–Crippen LogP) is 3.53. The number of anilines is 1. The summed E-state index contributed by atoms with van der Waals surface area (Å²) in [5, 5.41) is 0.418. The van der Waals surface area contributed by atoms with Crippen molar-refractivity contribution < 1.29 is 9.53 Å². The maximum atomic E-state index is 11.7. The van der Waals surface area contributed by atoms with Crippen LogP contribution in [-0.4, -0.2) is 12.1 Å². The summed E-state index contributed by atoms with van der Waals surface area (Å²) in [6, 6.07) is 2.95. The van der Waals surface area contributed by atoms with Crippen LogP contribution in [0.1, 0.15) is 30.6 Å². The lowest BCUT2D eigenvalue weighted by Gasteiger charge is -2.12. The van der Waals surface area contributed by atoms with Crippen LogP contribution in [0.5, 0.6) is 0 Å². The summed E-state index contributed by atoms with van der Waals surface area (Å²) >= 11 is 11.7. The quantitative estimate of drug-likeness (QED) is 0.669. The van der Waals surface area contributed by atoms with E-state index in [1.54, 1.807) is 6.92 Å². The Morgan fingerprint density at radius 2 is 2.12 bits per heavy atom. The van der Waals surface area contributed by atoms with Crippen molar-refractivity contribution in [1.29, 1.82) is 0 Å². The van der Waals surface area contributed by atoms with Crippen molar-refractivity contribution in [2.24, 2.45) is 0 Å². The SMILES string of the molecule is CCC(C)OC(=O)c1cc(N)cc(Cl)c1Cl. The number of halogens is 2.